The molecule has 1 saturated carbocycles. The first-order valence-electron chi connectivity index (χ1n) is 13.5. The highest BCUT2D eigenvalue weighted by Gasteiger charge is 2.34. The lowest BCUT2D eigenvalue weighted by molar-refractivity contribution is -0.126. The Morgan fingerprint density at radius 1 is 1.05 bits per heavy atom. The molecule has 208 valence electrons. The number of benzene rings is 2. The van der Waals surface area contributed by atoms with Crippen LogP contribution < -0.4 is 10.2 Å². The van der Waals surface area contributed by atoms with Gasteiger partial charge in [-0.15, -0.1) is 10.2 Å². The summed E-state index contributed by atoms with van der Waals surface area (Å²) in [4.78, 5) is 29.4. The molecule has 0 radical (unpaired) electrons. The van der Waals surface area contributed by atoms with Crippen molar-refractivity contribution in [2.45, 2.75) is 62.8 Å². The van der Waals surface area contributed by atoms with Crippen molar-refractivity contribution in [1.82, 2.24) is 20.1 Å². The van der Waals surface area contributed by atoms with Crippen LogP contribution in [0.15, 0.2) is 82.6 Å². The summed E-state index contributed by atoms with van der Waals surface area (Å²) in [5.74, 6) is 0.487. The fourth-order valence-corrected chi connectivity index (χ4v) is 5.86. The summed E-state index contributed by atoms with van der Waals surface area (Å²) in [5, 5.41) is 12.2. The number of hydrogen-bond acceptors (Lipinski definition) is 6. The molecule has 2 heterocycles. The molecule has 40 heavy (non-hydrogen) atoms. The summed E-state index contributed by atoms with van der Waals surface area (Å²) in [6.07, 6.45) is 6.69. The van der Waals surface area contributed by atoms with Gasteiger partial charge in [-0.05, 0) is 61.7 Å². The largest absolute Gasteiger partial charge is 0.467 e. The number of carbonyl (C=O) groups is 2. The molecule has 0 aliphatic heterocycles. The van der Waals surface area contributed by atoms with Crippen LogP contribution in [-0.2, 0) is 16.1 Å². The highest BCUT2D eigenvalue weighted by atomic mass is 32.2. The number of thioether (sulfide) groups is 1. The van der Waals surface area contributed by atoms with Crippen LogP contribution in [-0.4, -0.2) is 38.4 Å². The van der Waals surface area contributed by atoms with E-state index in [0.717, 1.165) is 37.9 Å². The summed E-state index contributed by atoms with van der Waals surface area (Å²) in [6, 6.07) is 17.7. The highest BCUT2D eigenvalue weighted by Crippen LogP contribution is 2.31. The third-order valence-corrected chi connectivity index (χ3v) is 8.02. The minimum absolute atomic E-state index is 0.0135. The van der Waals surface area contributed by atoms with E-state index in [1.165, 1.54) is 28.8 Å². The fourth-order valence-electron chi connectivity index (χ4n) is 5.02. The van der Waals surface area contributed by atoms with Gasteiger partial charge >= 0.3 is 0 Å². The van der Waals surface area contributed by atoms with Gasteiger partial charge in [0.2, 0.25) is 11.8 Å². The SMILES string of the molecule is Cc1nnc(SCC(=O)N(c2ccccc2)[C@H](C(=O)NC2CCCCC2)c2ccc(F)cc2)n1Cc1ccco1. The topological polar surface area (TPSA) is 93.3 Å². The molecule has 1 aliphatic rings. The van der Waals surface area contributed by atoms with E-state index in [1.54, 1.807) is 30.5 Å². The predicted octanol–water partition coefficient (Wildman–Crippen LogP) is 5.68. The van der Waals surface area contributed by atoms with Crippen LogP contribution in [0.1, 0.15) is 55.3 Å². The standard InChI is InChI=1S/C30H32FN5O3S/c1-21-33-34-30(35(21)19-26-13-8-18-39-26)40-20-27(37)36(25-11-6-3-7-12-25)28(22-14-16-23(31)17-15-22)29(38)32-24-9-4-2-5-10-24/h3,6-8,11-18,24,28H,2,4-5,9-10,19-20H2,1H3,(H,32,38)/t28-/m0/s1. The number of nitrogens with zero attached hydrogens (tertiary/aromatic N) is 4. The van der Waals surface area contributed by atoms with E-state index < -0.39 is 11.9 Å². The van der Waals surface area contributed by atoms with E-state index in [9.17, 15) is 14.0 Å². The highest BCUT2D eigenvalue weighted by molar-refractivity contribution is 7.99. The molecular weight excluding hydrogens is 529 g/mol. The van der Waals surface area contributed by atoms with E-state index in [1.807, 2.05) is 41.8 Å². The van der Waals surface area contributed by atoms with Crippen LogP contribution in [0, 0.1) is 12.7 Å². The third-order valence-electron chi connectivity index (χ3n) is 7.07. The summed E-state index contributed by atoms with van der Waals surface area (Å²) in [5.41, 5.74) is 1.11. The Morgan fingerprint density at radius 3 is 2.50 bits per heavy atom. The number of para-hydroxylation sites is 1. The molecule has 8 nitrogen and oxygen atoms in total. The van der Waals surface area contributed by atoms with Crippen LogP contribution in [0.25, 0.3) is 0 Å². The Hall–Kier alpha value is -3.92. The van der Waals surface area contributed by atoms with Crippen LogP contribution in [0.3, 0.4) is 0 Å². The van der Waals surface area contributed by atoms with E-state index in [2.05, 4.69) is 15.5 Å². The Kier molecular flexibility index (Phi) is 8.95. The number of anilines is 1. The van der Waals surface area contributed by atoms with E-state index >= 15 is 0 Å². The molecule has 0 saturated heterocycles. The summed E-state index contributed by atoms with van der Waals surface area (Å²) in [7, 11) is 0. The second-order valence-electron chi connectivity index (χ2n) is 9.88. The first-order chi connectivity index (χ1) is 19.5. The van der Waals surface area contributed by atoms with Gasteiger partial charge in [-0.3, -0.25) is 19.1 Å². The zero-order valence-corrected chi connectivity index (χ0v) is 23.1. The number of carbonyl (C=O) groups excluding carboxylic acids is 2. The number of aromatic nitrogens is 3. The lowest BCUT2D eigenvalue weighted by atomic mass is 9.94. The number of hydrogen-bond donors (Lipinski definition) is 1. The maximum absolute atomic E-state index is 14.0. The zero-order chi connectivity index (χ0) is 27.9. The van der Waals surface area contributed by atoms with Gasteiger partial charge in [-0.25, -0.2) is 4.39 Å². The molecule has 1 fully saturated rings. The number of furan rings is 1. The van der Waals surface area contributed by atoms with Gasteiger partial charge in [0.1, 0.15) is 23.4 Å². The molecule has 1 atom stereocenters. The average molecular weight is 562 g/mol. The summed E-state index contributed by atoms with van der Waals surface area (Å²) >= 11 is 1.25. The second-order valence-corrected chi connectivity index (χ2v) is 10.8. The van der Waals surface area contributed by atoms with Crippen molar-refractivity contribution >= 4 is 29.3 Å². The molecule has 0 spiro atoms. The molecule has 5 rings (SSSR count). The Balaban J connectivity index is 1.44. The lowest BCUT2D eigenvalue weighted by Crippen LogP contribution is -2.47. The third kappa shape index (κ3) is 6.62. The van der Waals surface area contributed by atoms with E-state index in [4.69, 9.17) is 4.42 Å². The van der Waals surface area contributed by atoms with Gasteiger partial charge in [0, 0.05) is 11.7 Å². The number of nitrogens with one attached hydrogen (secondary N) is 1. The maximum atomic E-state index is 14.0. The van der Waals surface area contributed by atoms with E-state index in [0.29, 0.717) is 28.8 Å². The Morgan fingerprint density at radius 2 is 1.80 bits per heavy atom. The van der Waals surface area contributed by atoms with Gasteiger partial charge in [0.15, 0.2) is 5.16 Å². The van der Waals surface area contributed by atoms with Crippen molar-refractivity contribution in [2.75, 3.05) is 10.7 Å². The normalized spacial score (nSPS) is 14.6. The van der Waals surface area contributed by atoms with Crippen molar-refractivity contribution < 1.29 is 18.4 Å². The number of amides is 2. The molecule has 2 amide bonds. The molecule has 2 aromatic heterocycles. The summed E-state index contributed by atoms with van der Waals surface area (Å²) in [6.45, 7) is 2.28. The first kappa shape index (κ1) is 27.6. The number of aryl methyl sites for hydroxylation is 1. The number of halogens is 1. The minimum Gasteiger partial charge on any atom is -0.467 e. The van der Waals surface area contributed by atoms with Crippen LogP contribution in [0.5, 0.6) is 0 Å². The Bertz CT molecular complexity index is 1400. The average Bonchev–Trinajstić information content (AvgIpc) is 3.62. The van der Waals surface area contributed by atoms with Crippen LogP contribution in [0.2, 0.25) is 0 Å². The summed E-state index contributed by atoms with van der Waals surface area (Å²) < 4.78 is 21.3. The van der Waals surface area contributed by atoms with Crippen LogP contribution in [0.4, 0.5) is 10.1 Å². The maximum Gasteiger partial charge on any atom is 0.248 e. The molecule has 2 aromatic carbocycles. The Labute approximate surface area is 237 Å². The smallest absolute Gasteiger partial charge is 0.248 e. The van der Waals surface area contributed by atoms with Crippen molar-refractivity contribution in [3.8, 4) is 0 Å². The molecule has 0 bridgehead atoms. The van der Waals surface area contributed by atoms with Crippen molar-refractivity contribution in [3.63, 3.8) is 0 Å². The molecule has 1 aliphatic carbocycles. The van der Waals surface area contributed by atoms with Gasteiger partial charge in [0.25, 0.3) is 0 Å². The molecular formula is C30H32FN5O3S. The van der Waals surface area contributed by atoms with Gasteiger partial charge < -0.3 is 9.73 Å². The van der Waals surface area contributed by atoms with Gasteiger partial charge in [-0.2, -0.15) is 0 Å². The van der Waals surface area contributed by atoms with Crippen molar-refractivity contribution in [2.24, 2.45) is 0 Å². The fraction of sp³-hybridized carbons (Fsp3) is 0.333. The van der Waals surface area contributed by atoms with E-state index in [-0.39, 0.29) is 23.6 Å². The van der Waals surface area contributed by atoms with Crippen molar-refractivity contribution in [1.29, 1.82) is 0 Å². The second kappa shape index (κ2) is 13.0. The molecule has 0 unspecified atom stereocenters. The van der Waals surface area contributed by atoms with Crippen LogP contribution >= 0.6 is 11.8 Å². The predicted molar refractivity (Wildman–Crippen MR) is 151 cm³/mol. The quantitative estimate of drug-likeness (QED) is 0.250. The minimum atomic E-state index is -0.972. The lowest BCUT2D eigenvalue weighted by Gasteiger charge is -2.33. The molecule has 10 heteroatoms. The zero-order valence-electron chi connectivity index (χ0n) is 22.3. The van der Waals surface area contributed by atoms with Crippen molar-refractivity contribution in [3.05, 3.63) is 96.0 Å². The first-order valence-corrected chi connectivity index (χ1v) is 14.5. The van der Waals surface area contributed by atoms with Gasteiger partial charge in [-0.1, -0.05) is 61.4 Å². The molecule has 4 aromatic rings. The number of rotatable bonds is 10. The van der Waals surface area contributed by atoms with Gasteiger partial charge in [0.05, 0.1) is 18.6 Å². The molecule has 1 N–H and O–H groups in total. The monoisotopic (exact) mass is 561 g/mol.